The van der Waals surface area contributed by atoms with E-state index in [1.807, 2.05) is 32.0 Å². The minimum Gasteiger partial charge on any atom is -0.367 e. The first kappa shape index (κ1) is 22.5. The van der Waals surface area contributed by atoms with Gasteiger partial charge in [0, 0.05) is 49.5 Å². The molecule has 2 aromatic carbocycles. The summed E-state index contributed by atoms with van der Waals surface area (Å²) in [5.74, 6) is -0.287. The number of nitrogens with zero attached hydrogens (tertiary/aromatic N) is 4. The standard InChI is InChI=1S/C26H30FN5O2/c1-17(2)28-24(33)16-32-25(18-3-5-19(27)6-4-18)29-23-8-7-21(15-22(23)26(32)34)31-14-13-30-11-9-20(31)10-12-30/h3-8,15,17,20H,9-14,16H2,1-2H3,(H,28,33). The summed E-state index contributed by atoms with van der Waals surface area (Å²) < 4.78 is 14.9. The molecule has 1 aromatic heterocycles. The van der Waals surface area contributed by atoms with Gasteiger partial charge in [-0.2, -0.15) is 0 Å². The number of amides is 1. The fraction of sp³-hybridized carbons (Fsp3) is 0.423. The highest BCUT2D eigenvalue weighted by atomic mass is 19.1. The number of aromatic nitrogens is 2. The Bertz CT molecular complexity index is 1260. The number of halogens is 1. The molecule has 3 fully saturated rings. The molecule has 8 heteroatoms. The highest BCUT2D eigenvalue weighted by Gasteiger charge is 2.29. The average molecular weight is 464 g/mol. The molecule has 34 heavy (non-hydrogen) atoms. The second-order valence-electron chi connectivity index (χ2n) is 9.52. The number of benzene rings is 2. The molecule has 1 N–H and O–H groups in total. The quantitative estimate of drug-likeness (QED) is 0.630. The van der Waals surface area contributed by atoms with Gasteiger partial charge in [0.15, 0.2) is 0 Å². The van der Waals surface area contributed by atoms with Crippen LogP contribution < -0.4 is 15.8 Å². The molecule has 0 atom stereocenters. The van der Waals surface area contributed by atoms with Gasteiger partial charge in [0.2, 0.25) is 5.91 Å². The summed E-state index contributed by atoms with van der Waals surface area (Å²) in [6, 6.07) is 12.1. The molecule has 0 spiro atoms. The van der Waals surface area contributed by atoms with Gasteiger partial charge in [-0.1, -0.05) is 0 Å². The molecule has 1 amide bonds. The van der Waals surface area contributed by atoms with E-state index in [1.54, 1.807) is 12.1 Å². The van der Waals surface area contributed by atoms with Crippen molar-refractivity contribution < 1.29 is 9.18 Å². The third-order valence-electron chi connectivity index (χ3n) is 6.78. The van der Waals surface area contributed by atoms with E-state index in [9.17, 15) is 14.0 Å². The number of hydrogen-bond acceptors (Lipinski definition) is 5. The maximum atomic E-state index is 13.7. The van der Waals surface area contributed by atoms with Crippen LogP contribution >= 0.6 is 0 Å². The topological polar surface area (TPSA) is 70.5 Å². The minimum atomic E-state index is -0.372. The van der Waals surface area contributed by atoms with E-state index >= 15 is 0 Å². The molecule has 6 rings (SSSR count). The Kier molecular flexibility index (Phi) is 6.08. The molecule has 3 saturated heterocycles. The van der Waals surface area contributed by atoms with Crippen LogP contribution in [-0.2, 0) is 11.3 Å². The number of carbonyl (C=O) groups excluding carboxylic acids is 1. The molecule has 3 aromatic rings. The summed E-state index contributed by atoms with van der Waals surface area (Å²) in [4.78, 5) is 36.0. The van der Waals surface area contributed by atoms with Crippen molar-refractivity contribution in [3.05, 3.63) is 58.6 Å². The SMILES string of the molecule is CC(C)NC(=O)Cn1c(-c2ccc(F)cc2)nc2ccc(N3CCN4CCC3CC4)cc2c1=O. The molecule has 0 saturated carbocycles. The van der Waals surface area contributed by atoms with E-state index in [0.29, 0.717) is 28.3 Å². The molecule has 3 aliphatic heterocycles. The van der Waals surface area contributed by atoms with Crippen molar-refractivity contribution in [2.45, 2.75) is 45.3 Å². The second-order valence-corrected chi connectivity index (χ2v) is 9.52. The lowest BCUT2D eigenvalue weighted by Crippen LogP contribution is -2.38. The van der Waals surface area contributed by atoms with E-state index in [4.69, 9.17) is 4.98 Å². The Morgan fingerprint density at radius 1 is 1.09 bits per heavy atom. The molecular formula is C26H30FN5O2. The van der Waals surface area contributed by atoms with Crippen molar-refractivity contribution >= 4 is 22.5 Å². The van der Waals surface area contributed by atoms with Gasteiger partial charge >= 0.3 is 0 Å². The van der Waals surface area contributed by atoms with Gasteiger partial charge in [0.1, 0.15) is 18.2 Å². The predicted octanol–water partition coefficient (Wildman–Crippen LogP) is 3.01. The van der Waals surface area contributed by atoms with Crippen LogP contribution in [0.15, 0.2) is 47.3 Å². The fourth-order valence-electron chi connectivity index (χ4n) is 5.09. The number of rotatable bonds is 5. The second kappa shape index (κ2) is 9.18. The summed E-state index contributed by atoms with van der Waals surface area (Å²) in [6.07, 6.45) is 2.25. The van der Waals surface area contributed by atoms with Crippen LogP contribution in [0.3, 0.4) is 0 Å². The molecule has 7 nitrogen and oxygen atoms in total. The van der Waals surface area contributed by atoms with Gasteiger partial charge in [-0.15, -0.1) is 0 Å². The summed E-state index contributed by atoms with van der Waals surface area (Å²) in [6.45, 7) is 7.79. The number of carbonyl (C=O) groups is 1. The van der Waals surface area contributed by atoms with Crippen LogP contribution in [-0.4, -0.2) is 58.6 Å². The number of piperidine rings is 1. The molecule has 0 unspecified atom stereocenters. The maximum Gasteiger partial charge on any atom is 0.262 e. The zero-order valence-corrected chi connectivity index (χ0v) is 19.6. The van der Waals surface area contributed by atoms with Crippen molar-refractivity contribution in [1.29, 1.82) is 0 Å². The summed E-state index contributed by atoms with van der Waals surface area (Å²) in [5.41, 5.74) is 1.90. The molecule has 0 radical (unpaired) electrons. The summed E-state index contributed by atoms with van der Waals surface area (Å²) >= 11 is 0. The van der Waals surface area contributed by atoms with E-state index in [2.05, 4.69) is 15.1 Å². The summed E-state index contributed by atoms with van der Waals surface area (Å²) in [5, 5.41) is 3.33. The highest BCUT2D eigenvalue weighted by molar-refractivity contribution is 5.84. The minimum absolute atomic E-state index is 0.0495. The Labute approximate surface area is 198 Å². The highest BCUT2D eigenvalue weighted by Crippen LogP contribution is 2.29. The number of hydrogen-bond donors (Lipinski definition) is 1. The van der Waals surface area contributed by atoms with Gasteiger partial charge in [0.05, 0.1) is 10.9 Å². The number of anilines is 1. The average Bonchev–Trinajstić information content (AvgIpc) is 3.15. The van der Waals surface area contributed by atoms with Crippen molar-refractivity contribution in [1.82, 2.24) is 19.8 Å². The monoisotopic (exact) mass is 463 g/mol. The number of nitrogens with one attached hydrogen (secondary N) is 1. The van der Waals surface area contributed by atoms with Crippen molar-refractivity contribution in [3.8, 4) is 11.4 Å². The first-order chi connectivity index (χ1) is 16.4. The summed E-state index contributed by atoms with van der Waals surface area (Å²) in [7, 11) is 0. The Morgan fingerprint density at radius 2 is 1.82 bits per heavy atom. The Hall–Kier alpha value is -3.26. The molecule has 3 aliphatic rings. The largest absolute Gasteiger partial charge is 0.367 e. The lowest BCUT2D eigenvalue weighted by atomic mass is 10.0. The van der Waals surface area contributed by atoms with Crippen LogP contribution in [0.1, 0.15) is 26.7 Å². The van der Waals surface area contributed by atoms with E-state index < -0.39 is 0 Å². The molecule has 2 bridgehead atoms. The molecule has 4 heterocycles. The van der Waals surface area contributed by atoms with Crippen LogP contribution in [0.4, 0.5) is 10.1 Å². The normalized spacial score (nSPS) is 20.1. The van der Waals surface area contributed by atoms with Gasteiger partial charge in [0.25, 0.3) is 5.56 Å². The van der Waals surface area contributed by atoms with Crippen molar-refractivity contribution in [2.24, 2.45) is 0 Å². The van der Waals surface area contributed by atoms with Crippen LogP contribution in [0.2, 0.25) is 0 Å². The van der Waals surface area contributed by atoms with Gasteiger partial charge < -0.3 is 15.1 Å². The third kappa shape index (κ3) is 4.42. The third-order valence-corrected chi connectivity index (χ3v) is 6.78. The molecule has 178 valence electrons. The van der Waals surface area contributed by atoms with Crippen LogP contribution in [0, 0.1) is 5.82 Å². The first-order valence-electron chi connectivity index (χ1n) is 12.0. The molecule has 0 aliphatic carbocycles. The van der Waals surface area contributed by atoms with Gasteiger partial charge in [-0.3, -0.25) is 14.2 Å². The van der Waals surface area contributed by atoms with E-state index in [0.717, 1.165) is 44.7 Å². The van der Waals surface area contributed by atoms with E-state index in [-0.39, 0.29) is 29.9 Å². The maximum absolute atomic E-state index is 13.7. The molecular weight excluding hydrogens is 433 g/mol. The lowest BCUT2D eigenvalue weighted by molar-refractivity contribution is -0.122. The fourth-order valence-corrected chi connectivity index (χ4v) is 5.09. The Morgan fingerprint density at radius 3 is 2.53 bits per heavy atom. The zero-order chi connectivity index (χ0) is 23.8. The zero-order valence-electron chi connectivity index (χ0n) is 19.6. The van der Waals surface area contributed by atoms with Crippen molar-refractivity contribution in [3.63, 3.8) is 0 Å². The van der Waals surface area contributed by atoms with Crippen LogP contribution in [0.25, 0.3) is 22.3 Å². The Balaban J connectivity index is 1.61. The first-order valence-corrected chi connectivity index (χ1v) is 12.0. The smallest absolute Gasteiger partial charge is 0.262 e. The number of fused-ring (bicyclic) bond motifs is 5. The van der Waals surface area contributed by atoms with Gasteiger partial charge in [-0.05, 0) is 69.2 Å². The van der Waals surface area contributed by atoms with Crippen LogP contribution in [0.5, 0.6) is 0 Å². The predicted molar refractivity (Wildman–Crippen MR) is 131 cm³/mol. The lowest BCUT2D eigenvalue weighted by Gasteiger charge is -2.33. The van der Waals surface area contributed by atoms with E-state index in [1.165, 1.54) is 16.7 Å². The van der Waals surface area contributed by atoms with Gasteiger partial charge in [-0.25, -0.2) is 9.37 Å². The van der Waals surface area contributed by atoms with Crippen molar-refractivity contribution in [2.75, 3.05) is 31.1 Å².